The Kier molecular flexibility index (Phi) is 5.80. The zero-order valence-corrected chi connectivity index (χ0v) is 15.4. The van der Waals surface area contributed by atoms with Crippen LogP contribution in [0.15, 0.2) is 17.4 Å². The van der Waals surface area contributed by atoms with Crippen molar-refractivity contribution in [2.24, 2.45) is 10.4 Å². The molecule has 0 unspecified atom stereocenters. The molecule has 0 aromatic carbocycles. The minimum Gasteiger partial charge on any atom is -0.357 e. The van der Waals surface area contributed by atoms with E-state index in [2.05, 4.69) is 39.8 Å². The summed E-state index contributed by atoms with van der Waals surface area (Å²) in [7, 11) is 0. The van der Waals surface area contributed by atoms with E-state index in [9.17, 15) is 0 Å². The number of aryl methyl sites for hydroxylation is 2. The molecule has 1 N–H and O–H groups in total. The molecule has 24 heavy (non-hydrogen) atoms. The van der Waals surface area contributed by atoms with Crippen LogP contribution in [0.25, 0.3) is 0 Å². The van der Waals surface area contributed by atoms with E-state index in [-0.39, 0.29) is 0 Å². The van der Waals surface area contributed by atoms with Crippen LogP contribution in [0, 0.1) is 12.3 Å². The lowest BCUT2D eigenvalue weighted by Crippen LogP contribution is -2.41. The lowest BCUT2D eigenvalue weighted by Gasteiger charge is -2.26. The van der Waals surface area contributed by atoms with Crippen LogP contribution in [0.4, 0.5) is 0 Å². The lowest BCUT2D eigenvalue weighted by atomic mass is 9.86. The Labute approximate surface area is 146 Å². The van der Waals surface area contributed by atoms with E-state index in [1.54, 1.807) is 0 Å². The number of nitrogens with zero attached hydrogens (tertiary/aromatic N) is 4. The van der Waals surface area contributed by atoms with Crippen molar-refractivity contribution in [3.05, 3.63) is 18.2 Å². The van der Waals surface area contributed by atoms with E-state index >= 15 is 0 Å². The van der Waals surface area contributed by atoms with Crippen molar-refractivity contribution in [1.82, 2.24) is 19.8 Å². The third-order valence-electron chi connectivity index (χ3n) is 5.73. The zero-order chi connectivity index (χ0) is 16.8. The molecule has 0 atom stereocenters. The number of aliphatic imine (C=N–C) groups is 1. The number of rotatable bonds is 6. The van der Waals surface area contributed by atoms with Crippen molar-refractivity contribution in [2.75, 3.05) is 26.2 Å². The first-order valence-electron chi connectivity index (χ1n) is 9.73. The topological polar surface area (TPSA) is 45.5 Å². The maximum atomic E-state index is 4.90. The maximum absolute atomic E-state index is 4.90. The van der Waals surface area contributed by atoms with Crippen LogP contribution in [0.3, 0.4) is 0 Å². The van der Waals surface area contributed by atoms with Gasteiger partial charge < -0.3 is 14.8 Å². The van der Waals surface area contributed by atoms with Gasteiger partial charge in [0.15, 0.2) is 5.96 Å². The van der Waals surface area contributed by atoms with Crippen molar-refractivity contribution in [2.45, 2.75) is 65.3 Å². The zero-order valence-electron chi connectivity index (χ0n) is 15.4. The standard InChI is InChI=1S/C19H33N5/c1-3-20-18(24-14-10-19(16-24)8-4-5-9-19)22-11-6-7-13-23-15-12-21-17(23)2/h12,15H,3-11,13-14,16H2,1-2H3,(H,20,22). The summed E-state index contributed by atoms with van der Waals surface area (Å²) in [5, 5.41) is 3.51. The Bertz CT molecular complexity index is 542. The molecular weight excluding hydrogens is 298 g/mol. The molecule has 0 radical (unpaired) electrons. The van der Waals surface area contributed by atoms with Crippen molar-refractivity contribution in [3.63, 3.8) is 0 Å². The number of imidazole rings is 1. The molecule has 1 aliphatic heterocycles. The van der Waals surface area contributed by atoms with Crippen LogP contribution in [-0.2, 0) is 6.54 Å². The van der Waals surface area contributed by atoms with Gasteiger partial charge in [-0.25, -0.2) is 4.98 Å². The predicted molar refractivity (Wildman–Crippen MR) is 99.3 cm³/mol. The molecule has 0 bridgehead atoms. The van der Waals surface area contributed by atoms with Gasteiger partial charge in [0.2, 0.25) is 0 Å². The summed E-state index contributed by atoms with van der Waals surface area (Å²) < 4.78 is 2.22. The molecule has 3 rings (SSSR count). The average molecular weight is 332 g/mol. The van der Waals surface area contributed by atoms with Crippen molar-refractivity contribution < 1.29 is 0 Å². The van der Waals surface area contributed by atoms with Gasteiger partial charge >= 0.3 is 0 Å². The molecule has 1 saturated carbocycles. The van der Waals surface area contributed by atoms with Gasteiger partial charge in [0, 0.05) is 45.1 Å². The smallest absolute Gasteiger partial charge is 0.193 e. The molecule has 1 aromatic rings. The molecule has 2 aliphatic rings. The molecule has 2 fully saturated rings. The molecule has 1 saturated heterocycles. The molecule has 0 amide bonds. The van der Waals surface area contributed by atoms with Gasteiger partial charge in [-0.3, -0.25) is 4.99 Å². The fourth-order valence-corrected chi connectivity index (χ4v) is 4.29. The number of hydrogen-bond donors (Lipinski definition) is 1. The second-order valence-electron chi connectivity index (χ2n) is 7.49. The number of hydrogen-bond acceptors (Lipinski definition) is 2. The van der Waals surface area contributed by atoms with E-state index < -0.39 is 0 Å². The fraction of sp³-hybridized carbons (Fsp3) is 0.789. The maximum Gasteiger partial charge on any atom is 0.193 e. The summed E-state index contributed by atoms with van der Waals surface area (Å²) in [5.74, 6) is 2.24. The molecule has 134 valence electrons. The number of likely N-dealkylation sites (tertiary alicyclic amines) is 1. The highest BCUT2D eigenvalue weighted by molar-refractivity contribution is 5.80. The first kappa shape index (κ1) is 17.3. The summed E-state index contributed by atoms with van der Waals surface area (Å²) in [6, 6.07) is 0. The first-order chi connectivity index (χ1) is 11.7. The molecule has 2 heterocycles. The van der Waals surface area contributed by atoms with Gasteiger partial charge in [-0.1, -0.05) is 12.8 Å². The summed E-state index contributed by atoms with van der Waals surface area (Å²) in [5.41, 5.74) is 0.606. The van der Waals surface area contributed by atoms with Crippen molar-refractivity contribution in [3.8, 4) is 0 Å². The van der Waals surface area contributed by atoms with Crippen molar-refractivity contribution in [1.29, 1.82) is 0 Å². The second kappa shape index (κ2) is 8.04. The van der Waals surface area contributed by atoms with Crippen LogP contribution in [0.1, 0.15) is 57.7 Å². The van der Waals surface area contributed by atoms with Crippen molar-refractivity contribution >= 4 is 5.96 Å². The van der Waals surface area contributed by atoms with Gasteiger partial charge in [0.1, 0.15) is 5.82 Å². The third kappa shape index (κ3) is 4.11. The number of aromatic nitrogens is 2. The summed E-state index contributed by atoms with van der Waals surface area (Å²) >= 11 is 0. The Hall–Kier alpha value is -1.52. The van der Waals surface area contributed by atoms with E-state index in [0.29, 0.717) is 5.41 Å². The normalized spacial score (nSPS) is 20.2. The van der Waals surface area contributed by atoms with Crippen LogP contribution in [0.2, 0.25) is 0 Å². The van der Waals surface area contributed by atoms with E-state index in [1.807, 2.05) is 6.20 Å². The summed E-state index contributed by atoms with van der Waals surface area (Å²) in [6.45, 7) is 9.54. The highest BCUT2D eigenvalue weighted by Crippen LogP contribution is 2.45. The Balaban J connectivity index is 1.46. The van der Waals surface area contributed by atoms with Gasteiger partial charge in [-0.2, -0.15) is 0 Å². The molecular formula is C19H33N5. The van der Waals surface area contributed by atoms with E-state index in [0.717, 1.165) is 44.3 Å². The molecule has 1 aliphatic carbocycles. The van der Waals surface area contributed by atoms with Crippen LogP contribution < -0.4 is 5.32 Å². The van der Waals surface area contributed by atoms with Gasteiger partial charge in [-0.15, -0.1) is 0 Å². The summed E-state index contributed by atoms with van der Waals surface area (Å²) in [4.78, 5) is 11.7. The van der Waals surface area contributed by atoms with Crippen LogP contribution in [0.5, 0.6) is 0 Å². The highest BCUT2D eigenvalue weighted by atomic mass is 15.3. The number of guanidine groups is 1. The average Bonchev–Trinajstić information content (AvgIpc) is 3.30. The quantitative estimate of drug-likeness (QED) is 0.495. The Morgan fingerprint density at radius 1 is 1.29 bits per heavy atom. The summed E-state index contributed by atoms with van der Waals surface area (Å²) in [6.07, 6.45) is 13.3. The SMILES string of the molecule is CCNC(=NCCCCn1ccnc1C)N1CCC2(CCCC2)C1. The monoisotopic (exact) mass is 331 g/mol. The highest BCUT2D eigenvalue weighted by Gasteiger charge is 2.40. The Morgan fingerprint density at radius 3 is 2.83 bits per heavy atom. The molecule has 5 nitrogen and oxygen atoms in total. The van der Waals surface area contributed by atoms with Gasteiger partial charge in [0.25, 0.3) is 0 Å². The van der Waals surface area contributed by atoms with Crippen LogP contribution in [-0.4, -0.2) is 46.6 Å². The van der Waals surface area contributed by atoms with Gasteiger partial charge in [-0.05, 0) is 51.4 Å². The number of nitrogens with one attached hydrogen (secondary N) is 1. The molecule has 1 spiro atoms. The van der Waals surface area contributed by atoms with Gasteiger partial charge in [0.05, 0.1) is 0 Å². The number of unbranched alkanes of at least 4 members (excludes halogenated alkanes) is 1. The largest absolute Gasteiger partial charge is 0.357 e. The lowest BCUT2D eigenvalue weighted by molar-refractivity contribution is 0.309. The van der Waals surface area contributed by atoms with Crippen LogP contribution >= 0.6 is 0 Å². The molecule has 1 aromatic heterocycles. The fourth-order valence-electron chi connectivity index (χ4n) is 4.29. The minimum absolute atomic E-state index is 0.606. The second-order valence-corrected chi connectivity index (χ2v) is 7.49. The minimum atomic E-state index is 0.606. The first-order valence-corrected chi connectivity index (χ1v) is 9.73. The van der Waals surface area contributed by atoms with E-state index in [4.69, 9.17) is 4.99 Å². The Morgan fingerprint density at radius 2 is 2.12 bits per heavy atom. The predicted octanol–water partition coefficient (Wildman–Crippen LogP) is 3.20. The third-order valence-corrected chi connectivity index (χ3v) is 5.73. The van der Waals surface area contributed by atoms with E-state index in [1.165, 1.54) is 45.2 Å². The molecule has 5 heteroatoms.